The Balaban J connectivity index is 2.22. The number of nitrogens with zero attached hydrogens (tertiary/aromatic N) is 3. The maximum Gasteiger partial charge on any atom is 0.125 e. The van der Waals surface area contributed by atoms with Crippen LogP contribution in [0.1, 0.15) is 30.2 Å². The summed E-state index contributed by atoms with van der Waals surface area (Å²) in [6.07, 6.45) is 2.67. The number of benzene rings is 1. The SMILES string of the molecule is CCC(c1nccs1)n1c(CCl)nc2cc(F)ccc21. The Morgan fingerprint density at radius 3 is 2.95 bits per heavy atom. The molecule has 6 heteroatoms. The van der Waals surface area contributed by atoms with E-state index in [1.54, 1.807) is 23.6 Å². The quantitative estimate of drug-likeness (QED) is 0.670. The molecule has 3 rings (SSSR count). The van der Waals surface area contributed by atoms with Gasteiger partial charge >= 0.3 is 0 Å². The molecule has 0 aliphatic carbocycles. The molecule has 0 spiro atoms. The number of rotatable bonds is 4. The van der Waals surface area contributed by atoms with E-state index >= 15 is 0 Å². The third-order valence-electron chi connectivity index (χ3n) is 3.28. The number of aromatic nitrogens is 3. The molecule has 1 aromatic carbocycles. The molecule has 2 heterocycles. The molecular weight excluding hydrogens is 297 g/mol. The van der Waals surface area contributed by atoms with Crippen LogP contribution in [0, 0.1) is 5.82 Å². The molecule has 104 valence electrons. The van der Waals surface area contributed by atoms with Gasteiger partial charge in [-0.25, -0.2) is 14.4 Å². The van der Waals surface area contributed by atoms with Crippen molar-refractivity contribution in [1.82, 2.24) is 14.5 Å². The summed E-state index contributed by atoms with van der Waals surface area (Å²) in [4.78, 5) is 8.83. The summed E-state index contributed by atoms with van der Waals surface area (Å²) < 4.78 is 15.4. The number of alkyl halides is 1. The van der Waals surface area contributed by atoms with Gasteiger partial charge in [0.25, 0.3) is 0 Å². The van der Waals surface area contributed by atoms with Gasteiger partial charge in [-0.3, -0.25) is 0 Å². The molecule has 0 saturated heterocycles. The molecule has 20 heavy (non-hydrogen) atoms. The fourth-order valence-electron chi connectivity index (χ4n) is 2.43. The molecule has 1 unspecified atom stereocenters. The molecule has 0 aliphatic rings. The largest absolute Gasteiger partial charge is 0.317 e. The third kappa shape index (κ3) is 2.21. The first-order chi connectivity index (χ1) is 9.74. The van der Waals surface area contributed by atoms with E-state index in [1.165, 1.54) is 12.1 Å². The molecule has 3 aromatic rings. The van der Waals surface area contributed by atoms with E-state index in [-0.39, 0.29) is 17.7 Å². The van der Waals surface area contributed by atoms with E-state index in [0.717, 1.165) is 22.8 Å². The van der Waals surface area contributed by atoms with E-state index in [0.29, 0.717) is 5.52 Å². The highest BCUT2D eigenvalue weighted by Crippen LogP contribution is 2.30. The van der Waals surface area contributed by atoms with Crippen LogP contribution in [0.3, 0.4) is 0 Å². The summed E-state index contributed by atoms with van der Waals surface area (Å²) in [6, 6.07) is 4.73. The lowest BCUT2D eigenvalue weighted by atomic mass is 10.2. The van der Waals surface area contributed by atoms with E-state index in [9.17, 15) is 4.39 Å². The fraction of sp³-hybridized carbons (Fsp3) is 0.286. The van der Waals surface area contributed by atoms with Crippen molar-refractivity contribution in [2.75, 3.05) is 0 Å². The van der Waals surface area contributed by atoms with Gasteiger partial charge in [-0.1, -0.05) is 6.92 Å². The number of thiazole rings is 1. The third-order valence-corrected chi connectivity index (χ3v) is 4.39. The first kappa shape index (κ1) is 13.5. The van der Waals surface area contributed by atoms with Gasteiger partial charge in [0.05, 0.1) is 23.0 Å². The molecule has 2 aromatic heterocycles. The summed E-state index contributed by atoms with van der Waals surface area (Å²) in [5.74, 6) is 0.748. The monoisotopic (exact) mass is 309 g/mol. The highest BCUT2D eigenvalue weighted by Gasteiger charge is 2.21. The average molecular weight is 310 g/mol. The summed E-state index contributed by atoms with van der Waals surface area (Å²) in [5, 5.41) is 2.97. The number of imidazole rings is 1. The molecule has 3 nitrogen and oxygen atoms in total. The van der Waals surface area contributed by atoms with Crippen LogP contribution < -0.4 is 0 Å². The minimum absolute atomic E-state index is 0.0826. The van der Waals surface area contributed by atoms with Crippen LogP contribution in [0.15, 0.2) is 29.8 Å². The van der Waals surface area contributed by atoms with Crippen molar-refractivity contribution in [3.8, 4) is 0 Å². The molecule has 0 radical (unpaired) electrons. The van der Waals surface area contributed by atoms with Crippen molar-refractivity contribution < 1.29 is 4.39 Å². The first-order valence-electron chi connectivity index (χ1n) is 6.36. The van der Waals surface area contributed by atoms with Crippen LogP contribution in [-0.2, 0) is 5.88 Å². The highest BCUT2D eigenvalue weighted by molar-refractivity contribution is 7.09. The van der Waals surface area contributed by atoms with E-state index in [2.05, 4.69) is 21.5 Å². The predicted octanol–water partition coefficient (Wildman–Crippen LogP) is 4.37. The maximum atomic E-state index is 13.3. The van der Waals surface area contributed by atoms with Crippen molar-refractivity contribution in [2.45, 2.75) is 25.3 Å². The topological polar surface area (TPSA) is 30.7 Å². The van der Waals surface area contributed by atoms with Crippen LogP contribution in [0.4, 0.5) is 4.39 Å². The number of hydrogen-bond acceptors (Lipinski definition) is 3. The van der Waals surface area contributed by atoms with Crippen LogP contribution in [0.25, 0.3) is 11.0 Å². The molecule has 0 bridgehead atoms. The van der Waals surface area contributed by atoms with Crippen molar-refractivity contribution >= 4 is 34.0 Å². The smallest absolute Gasteiger partial charge is 0.125 e. The zero-order valence-corrected chi connectivity index (χ0v) is 12.5. The zero-order valence-electron chi connectivity index (χ0n) is 10.9. The predicted molar refractivity (Wildman–Crippen MR) is 79.8 cm³/mol. The van der Waals surface area contributed by atoms with Crippen molar-refractivity contribution in [3.63, 3.8) is 0 Å². The number of hydrogen-bond donors (Lipinski definition) is 0. The van der Waals surface area contributed by atoms with E-state index in [4.69, 9.17) is 11.6 Å². The van der Waals surface area contributed by atoms with Gasteiger partial charge in [0.15, 0.2) is 0 Å². The Labute approximate surface area is 125 Å². The molecule has 0 saturated carbocycles. The molecule has 0 fully saturated rings. The highest BCUT2D eigenvalue weighted by atomic mass is 35.5. The lowest BCUT2D eigenvalue weighted by molar-refractivity contribution is 0.561. The number of halogens is 2. The normalized spacial score (nSPS) is 12.9. The summed E-state index contributed by atoms with van der Waals surface area (Å²) in [5.41, 5.74) is 1.53. The Bertz CT molecular complexity index is 723. The second kappa shape index (κ2) is 5.50. The zero-order chi connectivity index (χ0) is 14.1. The van der Waals surface area contributed by atoms with Gasteiger partial charge in [-0.15, -0.1) is 22.9 Å². The summed E-state index contributed by atoms with van der Waals surface area (Å²) in [7, 11) is 0. The van der Waals surface area contributed by atoms with Crippen molar-refractivity contribution in [3.05, 3.63) is 46.4 Å². The second-order valence-electron chi connectivity index (χ2n) is 4.46. The Morgan fingerprint density at radius 2 is 2.30 bits per heavy atom. The van der Waals surface area contributed by atoms with Gasteiger partial charge in [-0.05, 0) is 18.6 Å². The second-order valence-corrected chi connectivity index (χ2v) is 5.65. The van der Waals surface area contributed by atoms with E-state index < -0.39 is 0 Å². The molecular formula is C14H13ClFN3S. The van der Waals surface area contributed by atoms with Gasteiger partial charge in [-0.2, -0.15) is 0 Å². The van der Waals surface area contributed by atoms with Gasteiger partial charge in [0, 0.05) is 17.6 Å². The Hall–Kier alpha value is -1.46. The van der Waals surface area contributed by atoms with Crippen molar-refractivity contribution in [2.24, 2.45) is 0 Å². The van der Waals surface area contributed by atoms with Crippen LogP contribution in [0.5, 0.6) is 0 Å². The lowest BCUT2D eigenvalue weighted by Crippen LogP contribution is -2.12. The van der Waals surface area contributed by atoms with E-state index in [1.807, 2.05) is 5.38 Å². The van der Waals surface area contributed by atoms with Crippen LogP contribution in [0.2, 0.25) is 0 Å². The Morgan fingerprint density at radius 1 is 1.45 bits per heavy atom. The van der Waals surface area contributed by atoms with Gasteiger partial charge < -0.3 is 4.57 Å². The lowest BCUT2D eigenvalue weighted by Gasteiger charge is -2.17. The fourth-order valence-corrected chi connectivity index (χ4v) is 3.43. The summed E-state index contributed by atoms with van der Waals surface area (Å²) >= 11 is 7.62. The van der Waals surface area contributed by atoms with Gasteiger partial charge in [0.2, 0.25) is 0 Å². The Kier molecular flexibility index (Phi) is 3.72. The number of fused-ring (bicyclic) bond motifs is 1. The van der Waals surface area contributed by atoms with Crippen LogP contribution in [-0.4, -0.2) is 14.5 Å². The molecule has 0 aliphatic heterocycles. The molecule has 0 amide bonds. The summed E-state index contributed by atoms with van der Waals surface area (Å²) in [6.45, 7) is 2.10. The standard InChI is InChI=1S/C14H13ClFN3S/c1-2-11(14-17-5-6-20-14)19-12-4-3-9(16)7-10(12)18-13(19)8-15/h3-7,11H,2,8H2,1H3. The van der Waals surface area contributed by atoms with Gasteiger partial charge in [0.1, 0.15) is 16.6 Å². The van der Waals surface area contributed by atoms with Crippen molar-refractivity contribution in [1.29, 1.82) is 0 Å². The first-order valence-corrected chi connectivity index (χ1v) is 7.77. The minimum atomic E-state index is -0.287. The minimum Gasteiger partial charge on any atom is -0.317 e. The molecule has 0 N–H and O–H groups in total. The molecule has 1 atom stereocenters. The van der Waals surface area contributed by atoms with Crippen LogP contribution >= 0.6 is 22.9 Å². The maximum absolute atomic E-state index is 13.3. The average Bonchev–Trinajstić information content (AvgIpc) is 3.08.